The highest BCUT2D eigenvalue weighted by Gasteiger charge is 2.32. The van der Waals surface area contributed by atoms with Crippen molar-refractivity contribution in [2.45, 2.75) is 19.8 Å². The predicted octanol–water partition coefficient (Wildman–Crippen LogP) is 4.62. The van der Waals surface area contributed by atoms with Gasteiger partial charge in [0, 0.05) is 35.0 Å². The van der Waals surface area contributed by atoms with Crippen molar-refractivity contribution in [3.05, 3.63) is 86.9 Å². The van der Waals surface area contributed by atoms with E-state index >= 15 is 0 Å². The fraction of sp³-hybridized carbons (Fsp3) is 0.150. The number of aliphatic imine (C=N–C) groups is 1. The van der Waals surface area contributed by atoms with Crippen LogP contribution in [-0.4, -0.2) is 11.1 Å². The van der Waals surface area contributed by atoms with Crippen molar-refractivity contribution >= 4 is 23.3 Å². The molecule has 0 saturated heterocycles. The number of nitro groups is 1. The van der Waals surface area contributed by atoms with Gasteiger partial charge in [-0.05, 0) is 31.6 Å². The number of hydrogen-bond donors (Lipinski definition) is 2. The van der Waals surface area contributed by atoms with Gasteiger partial charge < -0.3 is 10.6 Å². The van der Waals surface area contributed by atoms with Crippen molar-refractivity contribution in [2.24, 2.45) is 4.99 Å². The molecule has 0 radical (unpaired) electrons. The molecule has 2 aliphatic rings. The average molecular weight is 346 g/mol. The van der Waals surface area contributed by atoms with Crippen molar-refractivity contribution < 1.29 is 4.92 Å². The number of dihydropyridines is 1. The van der Waals surface area contributed by atoms with E-state index in [1.54, 1.807) is 18.3 Å². The van der Waals surface area contributed by atoms with Crippen LogP contribution >= 0.6 is 0 Å². The lowest BCUT2D eigenvalue weighted by molar-refractivity contribution is -0.385. The number of anilines is 1. The Balaban J connectivity index is 1.90. The molecule has 1 unspecified atom stereocenters. The summed E-state index contributed by atoms with van der Waals surface area (Å²) in [4.78, 5) is 15.8. The Hall–Kier alpha value is -3.41. The quantitative estimate of drug-likeness (QED) is 0.614. The summed E-state index contributed by atoms with van der Waals surface area (Å²) in [7, 11) is 0. The van der Waals surface area contributed by atoms with Crippen LogP contribution in [-0.2, 0) is 0 Å². The Morgan fingerprint density at radius 2 is 1.77 bits per heavy atom. The van der Waals surface area contributed by atoms with Gasteiger partial charge in [-0.3, -0.25) is 15.1 Å². The maximum absolute atomic E-state index is 11.6. The molecule has 0 bridgehead atoms. The minimum Gasteiger partial charge on any atom is -0.345 e. The van der Waals surface area contributed by atoms with Crippen molar-refractivity contribution in [1.29, 1.82) is 0 Å². The monoisotopic (exact) mass is 346 g/mol. The van der Waals surface area contributed by atoms with Crippen LogP contribution in [0.3, 0.4) is 0 Å². The summed E-state index contributed by atoms with van der Waals surface area (Å²) in [6.45, 7) is 3.98. The highest BCUT2D eigenvalue weighted by molar-refractivity contribution is 5.91. The van der Waals surface area contributed by atoms with Crippen LogP contribution in [0.25, 0.3) is 0 Å². The molecule has 2 N–H and O–H groups in total. The zero-order valence-corrected chi connectivity index (χ0v) is 14.5. The Morgan fingerprint density at radius 1 is 1.04 bits per heavy atom. The zero-order chi connectivity index (χ0) is 18.3. The number of nitro benzene ring substituents is 1. The van der Waals surface area contributed by atoms with Gasteiger partial charge in [0.15, 0.2) is 0 Å². The molecule has 0 amide bonds. The molecule has 4 rings (SSSR count). The van der Waals surface area contributed by atoms with E-state index in [1.807, 2.05) is 50.2 Å². The molecular formula is C20H18N4O2. The van der Waals surface area contributed by atoms with E-state index in [4.69, 9.17) is 0 Å². The molecule has 0 saturated carbocycles. The van der Waals surface area contributed by atoms with Gasteiger partial charge in [-0.25, -0.2) is 0 Å². The highest BCUT2D eigenvalue weighted by atomic mass is 16.6. The molecule has 0 spiro atoms. The largest absolute Gasteiger partial charge is 0.345 e. The maximum Gasteiger partial charge on any atom is 0.273 e. The molecule has 6 heteroatoms. The van der Waals surface area contributed by atoms with E-state index in [1.165, 1.54) is 0 Å². The van der Waals surface area contributed by atoms with Crippen LogP contribution in [0.2, 0.25) is 0 Å². The lowest BCUT2D eigenvalue weighted by atomic mass is 9.82. The summed E-state index contributed by atoms with van der Waals surface area (Å²) >= 11 is 0. The number of rotatable bonds is 2. The summed E-state index contributed by atoms with van der Waals surface area (Å²) in [5, 5.41) is 18.4. The second-order valence-corrected chi connectivity index (χ2v) is 6.41. The molecule has 2 heterocycles. The second kappa shape index (κ2) is 6.15. The molecule has 0 aliphatic carbocycles. The lowest BCUT2D eigenvalue weighted by Crippen LogP contribution is -2.29. The standard InChI is InChI=1S/C20H18N4O2/c1-12-13(2)22-20-15(11-21-16-8-4-5-9-17(16)23-20)19(12)14-7-3-6-10-18(14)24(25)26/h3-11,19,22-23H,1-2H3. The predicted molar refractivity (Wildman–Crippen MR) is 103 cm³/mol. The minimum atomic E-state index is -0.323. The Bertz CT molecular complexity index is 1000. The first-order valence-electron chi connectivity index (χ1n) is 8.38. The summed E-state index contributed by atoms with van der Waals surface area (Å²) < 4.78 is 0. The Kier molecular flexibility index (Phi) is 3.80. The zero-order valence-electron chi connectivity index (χ0n) is 14.5. The summed E-state index contributed by atoms with van der Waals surface area (Å²) in [5.41, 5.74) is 5.43. The van der Waals surface area contributed by atoms with E-state index in [0.717, 1.165) is 34.0 Å². The van der Waals surface area contributed by atoms with Crippen LogP contribution in [0.4, 0.5) is 17.1 Å². The molecule has 1 atom stereocenters. The molecular weight excluding hydrogens is 328 g/mol. The van der Waals surface area contributed by atoms with E-state index in [9.17, 15) is 10.1 Å². The van der Waals surface area contributed by atoms with Crippen LogP contribution in [0, 0.1) is 10.1 Å². The molecule has 2 aliphatic heterocycles. The van der Waals surface area contributed by atoms with Gasteiger partial charge in [-0.2, -0.15) is 0 Å². The maximum atomic E-state index is 11.6. The Morgan fingerprint density at radius 3 is 2.58 bits per heavy atom. The van der Waals surface area contributed by atoms with Gasteiger partial charge in [-0.1, -0.05) is 30.3 Å². The fourth-order valence-corrected chi connectivity index (χ4v) is 3.46. The van der Waals surface area contributed by atoms with Gasteiger partial charge in [0.2, 0.25) is 0 Å². The summed E-state index contributed by atoms with van der Waals surface area (Å²) in [5.74, 6) is 0.573. The third-order valence-corrected chi connectivity index (χ3v) is 4.89. The Labute approximate surface area is 151 Å². The van der Waals surface area contributed by atoms with Crippen molar-refractivity contribution in [3.63, 3.8) is 0 Å². The van der Waals surface area contributed by atoms with E-state index in [0.29, 0.717) is 5.56 Å². The lowest BCUT2D eigenvalue weighted by Gasteiger charge is -2.30. The van der Waals surface area contributed by atoms with Crippen LogP contribution in [0.15, 0.2) is 76.2 Å². The van der Waals surface area contributed by atoms with Gasteiger partial charge in [0.05, 0.1) is 16.3 Å². The molecule has 6 nitrogen and oxygen atoms in total. The SMILES string of the molecule is CC1=C(C)C(c2ccccc2[N+](=O)[O-])C2=C(N1)Nc1ccccc1N=C2. The smallest absolute Gasteiger partial charge is 0.273 e. The molecule has 0 aromatic heterocycles. The van der Waals surface area contributed by atoms with Crippen LogP contribution < -0.4 is 10.6 Å². The van der Waals surface area contributed by atoms with Crippen molar-refractivity contribution in [3.8, 4) is 0 Å². The number of benzene rings is 2. The van der Waals surface area contributed by atoms with E-state index in [-0.39, 0.29) is 16.5 Å². The average Bonchev–Trinajstić information content (AvgIpc) is 2.82. The molecule has 130 valence electrons. The third-order valence-electron chi connectivity index (χ3n) is 4.89. The van der Waals surface area contributed by atoms with Crippen LogP contribution in [0.1, 0.15) is 25.3 Å². The number of fused-ring (bicyclic) bond motifs is 1. The first-order valence-corrected chi connectivity index (χ1v) is 8.38. The molecule has 26 heavy (non-hydrogen) atoms. The number of hydrogen-bond acceptors (Lipinski definition) is 5. The van der Waals surface area contributed by atoms with Gasteiger partial charge in [0.25, 0.3) is 5.69 Å². The van der Waals surface area contributed by atoms with E-state index in [2.05, 4.69) is 15.6 Å². The van der Waals surface area contributed by atoms with Crippen molar-refractivity contribution in [1.82, 2.24) is 5.32 Å². The fourth-order valence-electron chi connectivity index (χ4n) is 3.46. The summed E-state index contributed by atoms with van der Waals surface area (Å²) in [6.07, 6.45) is 1.80. The van der Waals surface area contributed by atoms with Crippen molar-refractivity contribution in [2.75, 3.05) is 5.32 Å². The van der Waals surface area contributed by atoms with Gasteiger partial charge >= 0.3 is 0 Å². The number of nitrogens with one attached hydrogen (secondary N) is 2. The topological polar surface area (TPSA) is 79.6 Å². The first-order chi connectivity index (χ1) is 12.6. The number of allylic oxidation sites excluding steroid dienone is 3. The van der Waals surface area contributed by atoms with Gasteiger partial charge in [0.1, 0.15) is 5.82 Å². The van der Waals surface area contributed by atoms with Gasteiger partial charge in [-0.15, -0.1) is 0 Å². The normalized spacial score (nSPS) is 18.5. The number of para-hydroxylation sites is 3. The molecule has 2 aromatic carbocycles. The number of nitrogens with zero attached hydrogens (tertiary/aromatic N) is 2. The highest BCUT2D eigenvalue weighted by Crippen LogP contribution is 2.42. The second-order valence-electron chi connectivity index (χ2n) is 6.41. The third kappa shape index (κ3) is 2.56. The molecule has 0 fully saturated rings. The minimum absolute atomic E-state index is 0.119. The van der Waals surface area contributed by atoms with Crippen LogP contribution in [0.5, 0.6) is 0 Å². The summed E-state index contributed by atoms with van der Waals surface area (Å²) in [6, 6.07) is 14.7. The first kappa shape index (κ1) is 16.1. The molecule has 2 aromatic rings. The van der Waals surface area contributed by atoms with E-state index < -0.39 is 0 Å².